The van der Waals surface area contributed by atoms with E-state index < -0.39 is 0 Å². The average molecular weight is 196 g/mol. The van der Waals surface area contributed by atoms with Gasteiger partial charge < -0.3 is 4.42 Å². The van der Waals surface area contributed by atoms with E-state index in [9.17, 15) is 0 Å². The summed E-state index contributed by atoms with van der Waals surface area (Å²) in [6.45, 7) is 0. The standard InChI is InChI=1S/C12H8N2O/c1-2-3-4-12-14-10-7-9(8-13)5-6-11(10)15-12/h1,5-7H,3-4H2. The molecule has 0 bridgehead atoms. The van der Waals surface area contributed by atoms with Gasteiger partial charge in [-0.3, -0.25) is 0 Å². The summed E-state index contributed by atoms with van der Waals surface area (Å²) in [5, 5.41) is 8.71. The molecule has 0 aliphatic carbocycles. The maximum atomic E-state index is 8.71. The molecule has 0 saturated heterocycles. The number of nitrogens with zero attached hydrogens (tertiary/aromatic N) is 2. The summed E-state index contributed by atoms with van der Waals surface area (Å²) in [6.07, 6.45) is 6.39. The van der Waals surface area contributed by atoms with Gasteiger partial charge in [0.15, 0.2) is 11.5 Å². The number of terminal acetylenes is 1. The lowest BCUT2D eigenvalue weighted by Crippen LogP contribution is -1.81. The molecule has 72 valence electrons. The van der Waals surface area contributed by atoms with E-state index in [4.69, 9.17) is 16.1 Å². The number of aryl methyl sites for hydroxylation is 1. The van der Waals surface area contributed by atoms with Gasteiger partial charge in [0, 0.05) is 12.8 Å². The summed E-state index contributed by atoms with van der Waals surface area (Å²) >= 11 is 0. The van der Waals surface area contributed by atoms with Gasteiger partial charge in [0.25, 0.3) is 0 Å². The van der Waals surface area contributed by atoms with E-state index in [0.29, 0.717) is 35.4 Å². The van der Waals surface area contributed by atoms with Crippen LogP contribution in [0.15, 0.2) is 22.6 Å². The highest BCUT2D eigenvalue weighted by Crippen LogP contribution is 2.17. The minimum atomic E-state index is 0.583. The number of fused-ring (bicyclic) bond motifs is 1. The summed E-state index contributed by atoms with van der Waals surface area (Å²) < 4.78 is 5.45. The third-order valence-corrected chi connectivity index (χ3v) is 2.04. The van der Waals surface area contributed by atoms with Crippen LogP contribution in [0.5, 0.6) is 0 Å². The molecule has 0 amide bonds. The van der Waals surface area contributed by atoms with E-state index in [-0.39, 0.29) is 0 Å². The Morgan fingerprint density at radius 1 is 1.47 bits per heavy atom. The molecule has 0 saturated carbocycles. The SMILES string of the molecule is C#CCCc1nc2cc(C#N)ccc2o1. The molecule has 1 heterocycles. The van der Waals surface area contributed by atoms with Crippen molar-refractivity contribution < 1.29 is 4.42 Å². The normalized spacial score (nSPS) is 9.73. The summed E-state index contributed by atoms with van der Waals surface area (Å²) in [4.78, 5) is 4.25. The third kappa shape index (κ3) is 1.82. The Hall–Kier alpha value is -2.26. The number of nitriles is 1. The van der Waals surface area contributed by atoms with Crippen LogP contribution >= 0.6 is 0 Å². The lowest BCUT2D eigenvalue weighted by atomic mass is 10.2. The molecule has 2 rings (SSSR count). The molecule has 0 radical (unpaired) electrons. The summed E-state index contributed by atoms with van der Waals surface area (Å²) in [5.74, 6) is 3.15. The highest BCUT2D eigenvalue weighted by Gasteiger charge is 2.05. The van der Waals surface area contributed by atoms with Crippen molar-refractivity contribution in [1.82, 2.24) is 4.98 Å². The number of benzene rings is 1. The van der Waals surface area contributed by atoms with E-state index in [0.717, 1.165) is 0 Å². The molecular weight excluding hydrogens is 188 g/mol. The van der Waals surface area contributed by atoms with Crippen molar-refractivity contribution in [1.29, 1.82) is 5.26 Å². The van der Waals surface area contributed by atoms with Crippen LogP contribution in [0.25, 0.3) is 11.1 Å². The van der Waals surface area contributed by atoms with E-state index in [1.54, 1.807) is 18.2 Å². The summed E-state index contributed by atoms with van der Waals surface area (Å²) in [6, 6.07) is 7.22. The van der Waals surface area contributed by atoms with E-state index in [2.05, 4.69) is 17.0 Å². The average Bonchev–Trinajstić information content (AvgIpc) is 2.67. The molecule has 1 aromatic carbocycles. The van der Waals surface area contributed by atoms with Crippen molar-refractivity contribution >= 4 is 11.1 Å². The highest BCUT2D eigenvalue weighted by molar-refractivity contribution is 5.74. The Balaban J connectivity index is 2.40. The van der Waals surface area contributed by atoms with Crippen LogP contribution in [0.1, 0.15) is 17.9 Å². The van der Waals surface area contributed by atoms with Crippen molar-refractivity contribution in [3.8, 4) is 18.4 Å². The summed E-state index contributed by atoms with van der Waals surface area (Å²) in [5.41, 5.74) is 1.99. The molecule has 0 aliphatic rings. The predicted molar refractivity (Wildman–Crippen MR) is 55.9 cm³/mol. The molecule has 2 aromatic rings. The Morgan fingerprint density at radius 2 is 2.33 bits per heavy atom. The van der Waals surface area contributed by atoms with E-state index >= 15 is 0 Å². The Bertz CT molecular complexity index is 569. The fourth-order valence-corrected chi connectivity index (χ4v) is 1.33. The fraction of sp³-hybridized carbons (Fsp3) is 0.167. The van der Waals surface area contributed by atoms with Gasteiger partial charge in [0.05, 0.1) is 11.6 Å². The van der Waals surface area contributed by atoms with Crippen LogP contribution in [0.2, 0.25) is 0 Å². The molecular formula is C12H8N2O. The number of aromatic nitrogens is 1. The monoisotopic (exact) mass is 196 g/mol. The molecule has 0 N–H and O–H groups in total. The summed E-state index contributed by atoms with van der Waals surface area (Å²) in [7, 11) is 0. The lowest BCUT2D eigenvalue weighted by molar-refractivity contribution is 0.531. The van der Waals surface area contributed by atoms with Crippen LogP contribution in [0.3, 0.4) is 0 Å². The topological polar surface area (TPSA) is 49.8 Å². The zero-order chi connectivity index (χ0) is 10.7. The first-order valence-electron chi connectivity index (χ1n) is 4.56. The largest absolute Gasteiger partial charge is 0.441 e. The van der Waals surface area contributed by atoms with Crippen molar-refractivity contribution in [2.24, 2.45) is 0 Å². The maximum Gasteiger partial charge on any atom is 0.196 e. The van der Waals surface area contributed by atoms with Gasteiger partial charge in [0.1, 0.15) is 5.52 Å². The van der Waals surface area contributed by atoms with Gasteiger partial charge in [0.2, 0.25) is 0 Å². The molecule has 15 heavy (non-hydrogen) atoms. The number of hydrogen-bond acceptors (Lipinski definition) is 3. The van der Waals surface area contributed by atoms with Gasteiger partial charge >= 0.3 is 0 Å². The van der Waals surface area contributed by atoms with Gasteiger partial charge in [-0.1, -0.05) is 0 Å². The van der Waals surface area contributed by atoms with E-state index in [1.807, 2.05) is 0 Å². The van der Waals surface area contributed by atoms with Crippen molar-refractivity contribution in [3.63, 3.8) is 0 Å². The molecule has 1 aromatic heterocycles. The Morgan fingerprint density at radius 3 is 3.07 bits per heavy atom. The number of hydrogen-bond donors (Lipinski definition) is 0. The first kappa shape index (κ1) is 9.30. The molecule has 0 fully saturated rings. The lowest BCUT2D eigenvalue weighted by Gasteiger charge is -1.86. The van der Waals surface area contributed by atoms with Crippen molar-refractivity contribution in [2.45, 2.75) is 12.8 Å². The second-order valence-corrected chi connectivity index (χ2v) is 3.11. The van der Waals surface area contributed by atoms with Gasteiger partial charge in [-0.05, 0) is 18.2 Å². The highest BCUT2D eigenvalue weighted by atomic mass is 16.3. The van der Waals surface area contributed by atoms with Crippen LogP contribution in [0.4, 0.5) is 0 Å². The second-order valence-electron chi connectivity index (χ2n) is 3.11. The van der Waals surface area contributed by atoms with Crippen molar-refractivity contribution in [2.75, 3.05) is 0 Å². The maximum absolute atomic E-state index is 8.71. The molecule has 0 spiro atoms. The van der Waals surface area contributed by atoms with Gasteiger partial charge in [-0.25, -0.2) is 4.98 Å². The number of rotatable bonds is 2. The van der Waals surface area contributed by atoms with E-state index in [1.165, 1.54) is 0 Å². The zero-order valence-corrected chi connectivity index (χ0v) is 8.03. The predicted octanol–water partition coefficient (Wildman–Crippen LogP) is 2.27. The minimum Gasteiger partial charge on any atom is -0.441 e. The molecule has 0 unspecified atom stereocenters. The molecule has 3 heteroatoms. The first-order valence-corrected chi connectivity index (χ1v) is 4.56. The minimum absolute atomic E-state index is 0.583. The number of oxazole rings is 1. The Kier molecular flexibility index (Phi) is 2.39. The molecule has 0 aliphatic heterocycles. The fourth-order valence-electron chi connectivity index (χ4n) is 1.33. The smallest absolute Gasteiger partial charge is 0.196 e. The first-order chi connectivity index (χ1) is 7.33. The van der Waals surface area contributed by atoms with Crippen molar-refractivity contribution in [3.05, 3.63) is 29.7 Å². The van der Waals surface area contributed by atoms with Gasteiger partial charge in [-0.2, -0.15) is 5.26 Å². The quantitative estimate of drug-likeness (QED) is 0.692. The van der Waals surface area contributed by atoms with Crippen LogP contribution < -0.4 is 0 Å². The van der Waals surface area contributed by atoms with Gasteiger partial charge in [-0.15, -0.1) is 12.3 Å². The van der Waals surface area contributed by atoms with Crippen LogP contribution in [0, 0.1) is 23.7 Å². The van der Waals surface area contributed by atoms with Crippen LogP contribution in [-0.2, 0) is 6.42 Å². The zero-order valence-electron chi connectivity index (χ0n) is 8.03. The molecule has 0 atom stereocenters. The Labute approximate surface area is 87.3 Å². The van der Waals surface area contributed by atoms with Crippen LogP contribution in [-0.4, -0.2) is 4.98 Å². The molecule has 3 nitrogen and oxygen atoms in total. The second kappa shape index (κ2) is 3.86. The third-order valence-electron chi connectivity index (χ3n) is 2.04.